The minimum atomic E-state index is 0.116. The molecule has 19 heavy (non-hydrogen) atoms. The molecule has 1 atom stereocenters. The Balaban J connectivity index is 2.02. The molecule has 3 N–H and O–H groups in total. The van der Waals surface area contributed by atoms with Gasteiger partial charge in [-0.15, -0.1) is 0 Å². The molecule has 3 nitrogen and oxygen atoms in total. The average Bonchev–Trinajstić information content (AvgIpc) is 2.39. The molecule has 1 heterocycles. The van der Waals surface area contributed by atoms with E-state index in [0.717, 1.165) is 32.6 Å². The summed E-state index contributed by atoms with van der Waals surface area (Å²) in [5.41, 5.74) is 9.11. The molecule has 0 spiro atoms. The smallest absolute Gasteiger partial charge is 0.0312 e. The molecule has 0 aromatic heterocycles. The third kappa shape index (κ3) is 3.78. The van der Waals surface area contributed by atoms with E-state index in [9.17, 15) is 0 Å². The van der Waals surface area contributed by atoms with Gasteiger partial charge in [-0.1, -0.05) is 29.8 Å². The largest absolute Gasteiger partial charge is 0.324 e. The van der Waals surface area contributed by atoms with Gasteiger partial charge < -0.3 is 11.1 Å². The van der Waals surface area contributed by atoms with Gasteiger partial charge in [0.05, 0.1) is 0 Å². The number of rotatable bonds is 4. The van der Waals surface area contributed by atoms with Crippen molar-refractivity contribution in [1.29, 1.82) is 0 Å². The minimum Gasteiger partial charge on any atom is -0.324 e. The third-order valence-corrected chi connectivity index (χ3v) is 4.16. The van der Waals surface area contributed by atoms with Crippen molar-refractivity contribution in [1.82, 2.24) is 10.2 Å². The van der Waals surface area contributed by atoms with Crippen LogP contribution in [0.2, 0.25) is 0 Å². The molecule has 1 aromatic carbocycles. The zero-order valence-corrected chi connectivity index (χ0v) is 12.4. The topological polar surface area (TPSA) is 41.3 Å². The highest BCUT2D eigenvalue weighted by Gasteiger charge is 2.30. The van der Waals surface area contributed by atoms with E-state index in [2.05, 4.69) is 55.3 Å². The standard InChI is InChI=1S/C16H27N3/c1-13-5-4-6-14(11-13)15(17)12-16(2,3)19-9-7-18-8-10-19/h4-6,11,15,18H,7-10,12,17H2,1-3H3. The first-order chi connectivity index (χ1) is 8.99. The first kappa shape index (κ1) is 14.5. The van der Waals surface area contributed by atoms with Gasteiger partial charge in [-0.2, -0.15) is 0 Å². The van der Waals surface area contributed by atoms with Crippen molar-refractivity contribution < 1.29 is 0 Å². The van der Waals surface area contributed by atoms with Gasteiger partial charge in [-0.05, 0) is 32.8 Å². The zero-order chi connectivity index (χ0) is 13.9. The van der Waals surface area contributed by atoms with Crippen LogP contribution >= 0.6 is 0 Å². The SMILES string of the molecule is Cc1cccc(C(N)CC(C)(C)N2CCNCC2)c1. The summed E-state index contributed by atoms with van der Waals surface area (Å²) in [7, 11) is 0. The van der Waals surface area contributed by atoms with Crippen LogP contribution < -0.4 is 11.1 Å². The van der Waals surface area contributed by atoms with Crippen LogP contribution in [0.15, 0.2) is 24.3 Å². The molecule has 1 unspecified atom stereocenters. The van der Waals surface area contributed by atoms with E-state index in [-0.39, 0.29) is 11.6 Å². The van der Waals surface area contributed by atoms with E-state index in [1.807, 2.05) is 0 Å². The number of hydrogen-bond donors (Lipinski definition) is 2. The van der Waals surface area contributed by atoms with Crippen LogP contribution in [0.1, 0.15) is 37.4 Å². The number of piperazine rings is 1. The van der Waals surface area contributed by atoms with Gasteiger partial charge in [0.1, 0.15) is 0 Å². The fourth-order valence-electron chi connectivity index (χ4n) is 2.96. The lowest BCUT2D eigenvalue weighted by Gasteiger charge is -2.42. The highest BCUT2D eigenvalue weighted by atomic mass is 15.2. The van der Waals surface area contributed by atoms with Crippen molar-refractivity contribution >= 4 is 0 Å². The molecule has 0 bridgehead atoms. The molecule has 1 saturated heterocycles. The number of nitrogens with two attached hydrogens (primary N) is 1. The Morgan fingerprint density at radius 1 is 1.32 bits per heavy atom. The molecule has 3 heteroatoms. The fraction of sp³-hybridized carbons (Fsp3) is 0.625. The number of nitrogens with one attached hydrogen (secondary N) is 1. The van der Waals surface area contributed by atoms with E-state index in [1.54, 1.807) is 0 Å². The third-order valence-electron chi connectivity index (χ3n) is 4.16. The highest BCUT2D eigenvalue weighted by Crippen LogP contribution is 2.27. The Bertz CT molecular complexity index is 408. The summed E-state index contributed by atoms with van der Waals surface area (Å²) in [6, 6.07) is 8.69. The second-order valence-electron chi connectivity index (χ2n) is 6.27. The Hall–Kier alpha value is -0.900. The molecule has 106 valence electrons. The molecular weight excluding hydrogens is 234 g/mol. The van der Waals surface area contributed by atoms with Crippen LogP contribution in [0.3, 0.4) is 0 Å². The number of hydrogen-bond acceptors (Lipinski definition) is 3. The Labute approximate surface area is 117 Å². The van der Waals surface area contributed by atoms with Crippen LogP contribution in [-0.2, 0) is 0 Å². The minimum absolute atomic E-state index is 0.116. The Morgan fingerprint density at radius 2 is 2.00 bits per heavy atom. The first-order valence-electron chi connectivity index (χ1n) is 7.27. The van der Waals surface area contributed by atoms with Crippen molar-refractivity contribution in [3.05, 3.63) is 35.4 Å². The maximum Gasteiger partial charge on any atom is 0.0312 e. The summed E-state index contributed by atoms with van der Waals surface area (Å²) >= 11 is 0. The monoisotopic (exact) mass is 261 g/mol. The Kier molecular flexibility index (Phi) is 4.61. The second kappa shape index (κ2) is 6.04. The first-order valence-corrected chi connectivity index (χ1v) is 7.27. The van der Waals surface area contributed by atoms with Gasteiger partial charge in [-0.25, -0.2) is 0 Å². The lowest BCUT2D eigenvalue weighted by atomic mass is 9.89. The molecule has 1 aliphatic rings. The lowest BCUT2D eigenvalue weighted by Crippen LogP contribution is -2.54. The molecule has 0 radical (unpaired) electrons. The van der Waals surface area contributed by atoms with Crippen molar-refractivity contribution in [2.24, 2.45) is 5.73 Å². The zero-order valence-electron chi connectivity index (χ0n) is 12.4. The maximum atomic E-state index is 6.41. The molecule has 1 fully saturated rings. The summed E-state index contributed by atoms with van der Waals surface area (Å²) < 4.78 is 0. The second-order valence-corrected chi connectivity index (χ2v) is 6.27. The number of nitrogens with zero attached hydrogens (tertiary/aromatic N) is 1. The summed E-state index contributed by atoms with van der Waals surface area (Å²) in [6.45, 7) is 11.2. The van der Waals surface area contributed by atoms with Gasteiger partial charge in [0.15, 0.2) is 0 Å². The van der Waals surface area contributed by atoms with Crippen molar-refractivity contribution in [3.63, 3.8) is 0 Å². The van der Waals surface area contributed by atoms with Crippen molar-refractivity contribution in [2.75, 3.05) is 26.2 Å². The van der Waals surface area contributed by atoms with E-state index in [0.29, 0.717) is 0 Å². The average molecular weight is 261 g/mol. The fourth-order valence-corrected chi connectivity index (χ4v) is 2.96. The predicted molar refractivity (Wildman–Crippen MR) is 81.2 cm³/mol. The van der Waals surface area contributed by atoms with Crippen LogP contribution in [0.25, 0.3) is 0 Å². The van der Waals surface area contributed by atoms with Gasteiger partial charge >= 0.3 is 0 Å². The van der Waals surface area contributed by atoms with Crippen LogP contribution in [0.4, 0.5) is 0 Å². The molecular formula is C16H27N3. The van der Waals surface area contributed by atoms with Gasteiger partial charge in [0.25, 0.3) is 0 Å². The number of aryl methyl sites for hydroxylation is 1. The summed E-state index contributed by atoms with van der Waals surface area (Å²) in [5.74, 6) is 0. The van der Waals surface area contributed by atoms with E-state index in [1.165, 1.54) is 11.1 Å². The number of benzene rings is 1. The summed E-state index contributed by atoms with van der Waals surface area (Å²) in [4.78, 5) is 2.55. The highest BCUT2D eigenvalue weighted by molar-refractivity contribution is 5.25. The van der Waals surface area contributed by atoms with Gasteiger partial charge in [-0.3, -0.25) is 4.90 Å². The van der Waals surface area contributed by atoms with Crippen LogP contribution in [-0.4, -0.2) is 36.6 Å². The van der Waals surface area contributed by atoms with Gasteiger partial charge in [0, 0.05) is 37.8 Å². The van der Waals surface area contributed by atoms with E-state index >= 15 is 0 Å². The quantitative estimate of drug-likeness (QED) is 0.872. The summed E-state index contributed by atoms with van der Waals surface area (Å²) in [5, 5.41) is 3.41. The lowest BCUT2D eigenvalue weighted by molar-refractivity contribution is 0.0893. The normalized spacial score (nSPS) is 19.4. The predicted octanol–water partition coefficient (Wildman–Crippen LogP) is 2.07. The summed E-state index contributed by atoms with van der Waals surface area (Å²) in [6.07, 6.45) is 0.996. The van der Waals surface area contributed by atoms with Crippen molar-refractivity contribution in [3.8, 4) is 0 Å². The molecule has 1 aromatic rings. The maximum absolute atomic E-state index is 6.41. The molecule has 0 aliphatic carbocycles. The van der Waals surface area contributed by atoms with Gasteiger partial charge in [0.2, 0.25) is 0 Å². The van der Waals surface area contributed by atoms with Crippen LogP contribution in [0, 0.1) is 6.92 Å². The molecule has 2 rings (SSSR count). The van der Waals surface area contributed by atoms with Crippen LogP contribution in [0.5, 0.6) is 0 Å². The molecule has 1 aliphatic heterocycles. The molecule has 0 saturated carbocycles. The van der Waals surface area contributed by atoms with E-state index < -0.39 is 0 Å². The van der Waals surface area contributed by atoms with E-state index in [4.69, 9.17) is 5.73 Å². The Morgan fingerprint density at radius 3 is 2.63 bits per heavy atom. The van der Waals surface area contributed by atoms with Crippen molar-refractivity contribution in [2.45, 2.75) is 38.8 Å². The molecule has 0 amide bonds.